The maximum Gasteiger partial charge on any atom is 0.338 e. The van der Waals surface area contributed by atoms with E-state index < -0.39 is 30.3 Å². The van der Waals surface area contributed by atoms with Crippen molar-refractivity contribution in [2.75, 3.05) is 18.7 Å². The van der Waals surface area contributed by atoms with Gasteiger partial charge in [-0.25, -0.2) is 14.0 Å². The molecule has 9 heteroatoms. The molecular weight excluding hydrogens is 347 g/mol. The second kappa shape index (κ2) is 7.51. The van der Waals surface area contributed by atoms with E-state index in [9.17, 15) is 18.8 Å². The van der Waals surface area contributed by atoms with Crippen molar-refractivity contribution in [1.29, 1.82) is 0 Å². The topological polar surface area (TPSA) is 103 Å². The monoisotopic (exact) mass is 360 g/mol. The molecule has 0 aromatic heterocycles. The minimum absolute atomic E-state index is 0.0629. The summed E-state index contributed by atoms with van der Waals surface area (Å²) in [5.41, 5.74) is 0.0769. The Morgan fingerprint density at radius 2 is 1.85 bits per heavy atom. The molecule has 8 nitrogen and oxygen atoms in total. The largest absolute Gasteiger partial charge is 0.454 e. The Morgan fingerprint density at radius 1 is 1.08 bits per heavy atom. The number of amides is 3. The SMILES string of the molecule is O=C(COC(=O)c1ccc2c(c1)OCO2)NC(=O)Nc1ccccc1F. The molecule has 0 atom stereocenters. The number of carbonyl (C=O) groups excluding carboxylic acids is 3. The number of fused-ring (bicyclic) bond motifs is 1. The number of esters is 1. The summed E-state index contributed by atoms with van der Waals surface area (Å²) in [6.45, 7) is -0.620. The second-order valence-electron chi connectivity index (χ2n) is 5.13. The number of halogens is 1. The van der Waals surface area contributed by atoms with Gasteiger partial charge in [0.05, 0.1) is 11.3 Å². The van der Waals surface area contributed by atoms with Crippen LogP contribution >= 0.6 is 0 Å². The minimum Gasteiger partial charge on any atom is -0.454 e. The van der Waals surface area contributed by atoms with Gasteiger partial charge < -0.3 is 19.5 Å². The first-order valence-corrected chi connectivity index (χ1v) is 7.45. The molecule has 0 bridgehead atoms. The Kier molecular flexibility index (Phi) is 4.97. The van der Waals surface area contributed by atoms with E-state index in [0.29, 0.717) is 11.5 Å². The van der Waals surface area contributed by atoms with Gasteiger partial charge in [0.25, 0.3) is 5.91 Å². The Balaban J connectivity index is 1.48. The van der Waals surface area contributed by atoms with Gasteiger partial charge in [-0.1, -0.05) is 12.1 Å². The number of ether oxygens (including phenoxy) is 3. The Bertz CT molecular complexity index is 870. The predicted octanol–water partition coefficient (Wildman–Crippen LogP) is 2.06. The van der Waals surface area contributed by atoms with Gasteiger partial charge in [0, 0.05) is 0 Å². The lowest BCUT2D eigenvalue weighted by molar-refractivity contribution is -0.123. The molecule has 3 amide bonds. The fraction of sp³-hybridized carbons (Fsp3) is 0.118. The Labute approximate surface area is 146 Å². The minimum atomic E-state index is -0.945. The molecule has 0 aliphatic carbocycles. The molecule has 1 aliphatic heterocycles. The van der Waals surface area contributed by atoms with Crippen molar-refractivity contribution in [2.24, 2.45) is 0 Å². The number of nitrogens with one attached hydrogen (secondary N) is 2. The highest BCUT2D eigenvalue weighted by atomic mass is 19.1. The molecule has 2 N–H and O–H groups in total. The number of carbonyl (C=O) groups is 3. The van der Waals surface area contributed by atoms with E-state index in [0.717, 1.165) is 6.07 Å². The van der Waals surface area contributed by atoms with Gasteiger partial charge in [-0.05, 0) is 30.3 Å². The number of anilines is 1. The number of benzene rings is 2. The average molecular weight is 360 g/mol. The third-order valence-electron chi connectivity index (χ3n) is 3.32. The molecule has 2 aromatic carbocycles. The molecule has 1 aliphatic rings. The zero-order valence-corrected chi connectivity index (χ0v) is 13.3. The molecule has 0 fully saturated rings. The Hall–Kier alpha value is -3.62. The number of urea groups is 1. The lowest BCUT2D eigenvalue weighted by atomic mass is 10.2. The number of hydrogen-bond acceptors (Lipinski definition) is 6. The van der Waals surface area contributed by atoms with Crippen LogP contribution in [-0.2, 0) is 9.53 Å². The molecule has 0 saturated heterocycles. The normalized spacial score (nSPS) is 11.6. The summed E-state index contributed by atoms with van der Waals surface area (Å²) in [6.07, 6.45) is 0. The summed E-state index contributed by atoms with van der Waals surface area (Å²) in [7, 11) is 0. The molecule has 0 spiro atoms. The van der Waals surface area contributed by atoms with Crippen molar-refractivity contribution in [3.05, 3.63) is 53.8 Å². The standard InChI is InChI=1S/C17H13FN2O6/c18-11-3-1-2-4-12(11)19-17(23)20-15(21)8-24-16(22)10-5-6-13-14(7-10)26-9-25-13/h1-7H,8-9H2,(H2,19,20,21,23). The lowest BCUT2D eigenvalue weighted by Crippen LogP contribution is -2.37. The third kappa shape index (κ3) is 4.07. The molecular formula is C17H13FN2O6. The number of para-hydroxylation sites is 1. The summed E-state index contributed by atoms with van der Waals surface area (Å²) in [5, 5.41) is 4.10. The van der Waals surface area contributed by atoms with Crippen LogP contribution in [0.2, 0.25) is 0 Å². The van der Waals surface area contributed by atoms with E-state index in [1.54, 1.807) is 6.07 Å². The van der Waals surface area contributed by atoms with Crippen molar-refractivity contribution in [2.45, 2.75) is 0 Å². The first-order chi connectivity index (χ1) is 12.5. The molecule has 1 heterocycles. The summed E-state index contributed by atoms with van der Waals surface area (Å²) in [4.78, 5) is 35.2. The van der Waals surface area contributed by atoms with Gasteiger partial charge in [0.15, 0.2) is 18.1 Å². The van der Waals surface area contributed by atoms with Crippen LogP contribution in [0.1, 0.15) is 10.4 Å². The second-order valence-corrected chi connectivity index (χ2v) is 5.13. The summed E-state index contributed by atoms with van der Waals surface area (Å²) in [6, 6.07) is 8.95. The average Bonchev–Trinajstić information content (AvgIpc) is 3.09. The number of rotatable bonds is 4. The summed E-state index contributed by atoms with van der Waals surface area (Å²) < 4.78 is 28.5. The Morgan fingerprint density at radius 3 is 2.65 bits per heavy atom. The molecule has 134 valence electrons. The molecule has 0 radical (unpaired) electrons. The number of hydrogen-bond donors (Lipinski definition) is 2. The molecule has 26 heavy (non-hydrogen) atoms. The van der Waals surface area contributed by atoms with Gasteiger partial charge in [-0.3, -0.25) is 10.1 Å². The van der Waals surface area contributed by atoms with Crippen LogP contribution in [0.15, 0.2) is 42.5 Å². The van der Waals surface area contributed by atoms with Crippen LogP contribution in [0.5, 0.6) is 11.5 Å². The van der Waals surface area contributed by atoms with Crippen LogP contribution < -0.4 is 20.1 Å². The zero-order valence-electron chi connectivity index (χ0n) is 13.3. The van der Waals surface area contributed by atoms with Gasteiger partial charge >= 0.3 is 12.0 Å². The van der Waals surface area contributed by atoms with Crippen molar-refractivity contribution in [3.63, 3.8) is 0 Å². The van der Waals surface area contributed by atoms with Gasteiger partial charge in [0.1, 0.15) is 5.82 Å². The van der Waals surface area contributed by atoms with Crippen molar-refractivity contribution in [1.82, 2.24) is 5.32 Å². The summed E-state index contributed by atoms with van der Waals surface area (Å²) in [5.74, 6) is -1.39. The maximum absolute atomic E-state index is 13.4. The van der Waals surface area contributed by atoms with Gasteiger partial charge in [0.2, 0.25) is 6.79 Å². The first-order valence-electron chi connectivity index (χ1n) is 7.45. The molecule has 0 saturated carbocycles. The lowest BCUT2D eigenvalue weighted by Gasteiger charge is -2.08. The van der Waals surface area contributed by atoms with Crippen molar-refractivity contribution in [3.8, 4) is 11.5 Å². The molecule has 0 unspecified atom stereocenters. The highest BCUT2D eigenvalue weighted by Gasteiger charge is 2.18. The van der Waals surface area contributed by atoms with Crippen molar-refractivity contribution < 1.29 is 33.0 Å². The van der Waals surface area contributed by atoms with Gasteiger partial charge in [-0.15, -0.1) is 0 Å². The first kappa shape index (κ1) is 17.2. The fourth-order valence-electron chi connectivity index (χ4n) is 2.12. The van der Waals surface area contributed by atoms with E-state index >= 15 is 0 Å². The highest BCUT2D eigenvalue weighted by Crippen LogP contribution is 2.32. The van der Waals surface area contributed by atoms with Gasteiger partial charge in [-0.2, -0.15) is 0 Å². The van der Waals surface area contributed by atoms with Crippen LogP contribution in [-0.4, -0.2) is 31.3 Å². The quantitative estimate of drug-likeness (QED) is 0.809. The fourth-order valence-corrected chi connectivity index (χ4v) is 2.12. The smallest absolute Gasteiger partial charge is 0.338 e. The van der Waals surface area contributed by atoms with E-state index in [4.69, 9.17) is 14.2 Å². The third-order valence-corrected chi connectivity index (χ3v) is 3.32. The molecule has 2 aromatic rings. The van der Waals surface area contributed by atoms with Crippen LogP contribution in [0.25, 0.3) is 0 Å². The highest BCUT2D eigenvalue weighted by molar-refractivity contribution is 6.02. The van der Waals surface area contributed by atoms with E-state index in [1.165, 1.54) is 30.3 Å². The van der Waals surface area contributed by atoms with Crippen LogP contribution in [0.3, 0.4) is 0 Å². The van der Waals surface area contributed by atoms with Crippen LogP contribution in [0, 0.1) is 5.82 Å². The summed E-state index contributed by atoms with van der Waals surface area (Å²) >= 11 is 0. The zero-order chi connectivity index (χ0) is 18.5. The van der Waals surface area contributed by atoms with E-state index in [2.05, 4.69) is 5.32 Å². The maximum atomic E-state index is 13.4. The number of imide groups is 1. The van der Waals surface area contributed by atoms with Crippen molar-refractivity contribution >= 4 is 23.6 Å². The van der Waals surface area contributed by atoms with E-state index in [-0.39, 0.29) is 18.0 Å². The predicted molar refractivity (Wildman–Crippen MR) is 86.4 cm³/mol. The van der Waals surface area contributed by atoms with E-state index in [1.807, 2.05) is 5.32 Å². The van der Waals surface area contributed by atoms with Crippen LogP contribution in [0.4, 0.5) is 14.9 Å². The molecule has 3 rings (SSSR count).